The van der Waals surface area contributed by atoms with Crippen LogP contribution < -0.4 is 5.32 Å². The molecular formula is C14H21N3O. The first-order chi connectivity index (χ1) is 8.53. The van der Waals surface area contributed by atoms with Crippen LogP contribution in [0.5, 0.6) is 0 Å². The van der Waals surface area contributed by atoms with Crippen LogP contribution in [0, 0.1) is 0 Å². The number of benzene rings is 1. The van der Waals surface area contributed by atoms with Crippen molar-refractivity contribution in [1.82, 2.24) is 9.55 Å². The van der Waals surface area contributed by atoms with Crippen LogP contribution in [-0.2, 0) is 11.8 Å². The summed E-state index contributed by atoms with van der Waals surface area (Å²) in [5.41, 5.74) is 1.96. The average molecular weight is 247 g/mol. The van der Waals surface area contributed by atoms with Gasteiger partial charge in [0.05, 0.1) is 16.6 Å². The molecule has 1 aromatic heterocycles. The summed E-state index contributed by atoms with van der Waals surface area (Å²) in [6.45, 7) is 7.62. The van der Waals surface area contributed by atoms with Crippen molar-refractivity contribution in [3.63, 3.8) is 0 Å². The zero-order chi connectivity index (χ0) is 13.2. The minimum Gasteiger partial charge on any atom is -0.374 e. The molecule has 0 unspecified atom stereocenters. The van der Waals surface area contributed by atoms with Crippen LogP contribution in [0.15, 0.2) is 24.3 Å². The summed E-state index contributed by atoms with van der Waals surface area (Å²) in [5, 5.41) is 3.35. The molecule has 2 rings (SSSR count). The number of hydrogen-bond acceptors (Lipinski definition) is 3. The van der Waals surface area contributed by atoms with Crippen LogP contribution in [0.1, 0.15) is 20.8 Å². The van der Waals surface area contributed by atoms with E-state index in [2.05, 4.69) is 34.8 Å². The molecule has 18 heavy (non-hydrogen) atoms. The zero-order valence-corrected chi connectivity index (χ0v) is 11.5. The number of nitrogens with zero attached hydrogens (tertiary/aromatic N) is 2. The fourth-order valence-corrected chi connectivity index (χ4v) is 2.04. The summed E-state index contributed by atoms with van der Waals surface area (Å²) >= 11 is 0. The number of para-hydroxylation sites is 2. The lowest BCUT2D eigenvalue weighted by Gasteiger charge is -2.25. The standard InChI is InChI=1S/C14H21N3O/c1-5-18-14(2,3)10-15-13-16-11-8-6-7-9-12(11)17(13)4/h6-9H,5,10H2,1-4H3,(H,15,16). The molecule has 0 spiro atoms. The van der Waals surface area contributed by atoms with Gasteiger partial charge in [-0.3, -0.25) is 0 Å². The van der Waals surface area contributed by atoms with Crippen molar-refractivity contribution in [2.45, 2.75) is 26.4 Å². The Morgan fingerprint density at radius 3 is 2.72 bits per heavy atom. The monoisotopic (exact) mass is 247 g/mol. The molecule has 0 aliphatic carbocycles. The van der Waals surface area contributed by atoms with Crippen molar-refractivity contribution in [2.24, 2.45) is 7.05 Å². The molecule has 1 heterocycles. The van der Waals surface area contributed by atoms with E-state index in [4.69, 9.17) is 4.74 Å². The highest BCUT2D eigenvalue weighted by atomic mass is 16.5. The third-order valence-corrected chi connectivity index (χ3v) is 2.99. The second-order valence-corrected chi connectivity index (χ2v) is 5.03. The molecule has 0 aliphatic rings. The molecule has 1 aromatic carbocycles. The first-order valence-corrected chi connectivity index (χ1v) is 6.33. The number of hydrogen-bond donors (Lipinski definition) is 1. The van der Waals surface area contributed by atoms with Crippen molar-refractivity contribution >= 4 is 17.0 Å². The largest absolute Gasteiger partial charge is 0.374 e. The Morgan fingerprint density at radius 2 is 2.06 bits per heavy atom. The van der Waals surface area contributed by atoms with Gasteiger partial charge >= 0.3 is 0 Å². The van der Waals surface area contributed by atoms with Gasteiger partial charge < -0.3 is 14.6 Å². The number of rotatable bonds is 5. The third kappa shape index (κ3) is 2.64. The molecule has 4 nitrogen and oxygen atoms in total. The molecule has 1 N–H and O–H groups in total. The van der Waals surface area contributed by atoms with Gasteiger partial charge in [0, 0.05) is 20.2 Å². The van der Waals surface area contributed by atoms with Gasteiger partial charge in [-0.25, -0.2) is 4.98 Å². The summed E-state index contributed by atoms with van der Waals surface area (Å²) in [5.74, 6) is 0.879. The molecule has 0 atom stereocenters. The number of nitrogens with one attached hydrogen (secondary N) is 1. The number of aromatic nitrogens is 2. The Morgan fingerprint density at radius 1 is 1.33 bits per heavy atom. The molecule has 98 valence electrons. The maximum Gasteiger partial charge on any atom is 0.203 e. The molecule has 2 aromatic rings. The minimum atomic E-state index is -0.188. The van der Waals surface area contributed by atoms with Gasteiger partial charge in [0.15, 0.2) is 0 Å². The van der Waals surface area contributed by atoms with Crippen molar-refractivity contribution in [3.8, 4) is 0 Å². The number of imidazole rings is 1. The van der Waals surface area contributed by atoms with Gasteiger partial charge in [-0.2, -0.15) is 0 Å². The van der Waals surface area contributed by atoms with Crippen LogP contribution >= 0.6 is 0 Å². The average Bonchev–Trinajstić information content (AvgIpc) is 2.65. The first kappa shape index (κ1) is 12.9. The van der Waals surface area contributed by atoms with Gasteiger partial charge in [-0.1, -0.05) is 12.1 Å². The van der Waals surface area contributed by atoms with E-state index < -0.39 is 0 Å². The SMILES string of the molecule is CCOC(C)(C)CNc1nc2ccccc2n1C. The predicted octanol–water partition coefficient (Wildman–Crippen LogP) is 2.80. The number of aryl methyl sites for hydroxylation is 1. The van der Waals surface area contributed by atoms with Gasteiger partial charge in [-0.05, 0) is 32.9 Å². The van der Waals surface area contributed by atoms with Gasteiger partial charge in [-0.15, -0.1) is 0 Å². The lowest BCUT2D eigenvalue weighted by Crippen LogP contribution is -2.34. The summed E-state index contributed by atoms with van der Waals surface area (Å²) in [6.07, 6.45) is 0. The molecule has 0 amide bonds. The van der Waals surface area contributed by atoms with Crippen molar-refractivity contribution in [3.05, 3.63) is 24.3 Å². The Labute approximate surface area is 108 Å². The van der Waals surface area contributed by atoms with Crippen LogP contribution in [-0.4, -0.2) is 28.3 Å². The van der Waals surface area contributed by atoms with Crippen LogP contribution in [0.3, 0.4) is 0 Å². The van der Waals surface area contributed by atoms with Crippen LogP contribution in [0.4, 0.5) is 5.95 Å². The Kier molecular flexibility index (Phi) is 3.57. The number of fused-ring (bicyclic) bond motifs is 1. The van der Waals surface area contributed by atoms with Crippen LogP contribution in [0.25, 0.3) is 11.0 Å². The van der Waals surface area contributed by atoms with E-state index in [9.17, 15) is 0 Å². The molecule has 0 aliphatic heterocycles. The molecule has 4 heteroatoms. The topological polar surface area (TPSA) is 39.1 Å². The van der Waals surface area contributed by atoms with Crippen molar-refractivity contribution < 1.29 is 4.74 Å². The highest BCUT2D eigenvalue weighted by molar-refractivity contribution is 5.78. The first-order valence-electron chi connectivity index (χ1n) is 6.33. The molecular weight excluding hydrogens is 226 g/mol. The molecule has 0 fully saturated rings. The summed E-state index contributed by atoms with van der Waals surface area (Å²) in [7, 11) is 2.02. The highest BCUT2D eigenvalue weighted by Gasteiger charge is 2.18. The van der Waals surface area contributed by atoms with Gasteiger partial charge in [0.25, 0.3) is 0 Å². The predicted molar refractivity (Wildman–Crippen MR) is 74.9 cm³/mol. The summed E-state index contributed by atoms with van der Waals surface area (Å²) in [6, 6.07) is 8.12. The van der Waals surface area contributed by atoms with E-state index in [1.807, 2.05) is 32.2 Å². The van der Waals surface area contributed by atoms with E-state index in [1.54, 1.807) is 0 Å². The number of anilines is 1. The molecule has 0 bridgehead atoms. The quantitative estimate of drug-likeness (QED) is 0.883. The summed E-state index contributed by atoms with van der Waals surface area (Å²) < 4.78 is 7.73. The molecule has 0 saturated carbocycles. The maximum atomic E-state index is 5.67. The fourth-order valence-electron chi connectivity index (χ4n) is 2.04. The second-order valence-electron chi connectivity index (χ2n) is 5.03. The van der Waals surface area contributed by atoms with E-state index in [0.717, 1.165) is 30.1 Å². The van der Waals surface area contributed by atoms with Gasteiger partial charge in [0.2, 0.25) is 5.95 Å². The molecule has 0 saturated heterocycles. The van der Waals surface area contributed by atoms with E-state index in [1.165, 1.54) is 0 Å². The smallest absolute Gasteiger partial charge is 0.203 e. The van der Waals surface area contributed by atoms with Gasteiger partial charge in [0.1, 0.15) is 0 Å². The van der Waals surface area contributed by atoms with E-state index >= 15 is 0 Å². The molecule has 0 radical (unpaired) electrons. The van der Waals surface area contributed by atoms with E-state index in [0.29, 0.717) is 0 Å². The van der Waals surface area contributed by atoms with E-state index in [-0.39, 0.29) is 5.60 Å². The van der Waals surface area contributed by atoms with Crippen molar-refractivity contribution in [1.29, 1.82) is 0 Å². The zero-order valence-electron chi connectivity index (χ0n) is 11.5. The Hall–Kier alpha value is -1.55. The number of ether oxygens (including phenoxy) is 1. The lowest BCUT2D eigenvalue weighted by atomic mass is 10.1. The third-order valence-electron chi connectivity index (χ3n) is 2.99. The summed E-state index contributed by atoms with van der Waals surface area (Å²) in [4.78, 5) is 4.57. The lowest BCUT2D eigenvalue weighted by molar-refractivity contribution is 0.000559. The van der Waals surface area contributed by atoms with Crippen molar-refractivity contribution in [2.75, 3.05) is 18.5 Å². The Balaban J connectivity index is 2.15. The fraction of sp³-hybridized carbons (Fsp3) is 0.500. The maximum absolute atomic E-state index is 5.67. The second kappa shape index (κ2) is 4.98. The Bertz CT molecular complexity index is 531. The highest BCUT2D eigenvalue weighted by Crippen LogP contribution is 2.18. The normalized spacial score (nSPS) is 12.0. The minimum absolute atomic E-state index is 0.188. The van der Waals surface area contributed by atoms with Crippen LogP contribution in [0.2, 0.25) is 0 Å².